The molecular weight excluding hydrogens is 344 g/mol. The van der Waals surface area contributed by atoms with Crippen LogP contribution in [0.1, 0.15) is 31.1 Å². The van der Waals surface area contributed by atoms with Gasteiger partial charge in [0.2, 0.25) is 5.91 Å². The molecule has 0 saturated carbocycles. The Labute approximate surface area is 149 Å². The molecule has 0 aromatic heterocycles. The van der Waals surface area contributed by atoms with Crippen molar-refractivity contribution in [3.05, 3.63) is 59.7 Å². The molecule has 0 spiro atoms. The smallest absolute Gasteiger partial charge is 0.226 e. The van der Waals surface area contributed by atoms with Crippen molar-refractivity contribution in [3.63, 3.8) is 0 Å². The van der Waals surface area contributed by atoms with Gasteiger partial charge in [-0.1, -0.05) is 13.8 Å². The van der Waals surface area contributed by atoms with E-state index in [9.17, 15) is 18.4 Å². The average molecular weight is 363 g/mol. The normalized spacial score (nSPS) is 12.1. The lowest BCUT2D eigenvalue weighted by Crippen LogP contribution is -2.18. The highest BCUT2D eigenvalue weighted by atomic mass is 32.2. The van der Waals surface area contributed by atoms with Crippen LogP contribution in [0.25, 0.3) is 0 Å². The Balaban J connectivity index is 2.06. The van der Waals surface area contributed by atoms with Gasteiger partial charge >= 0.3 is 0 Å². The van der Waals surface area contributed by atoms with E-state index in [1.807, 2.05) is 0 Å². The molecule has 1 amide bonds. The largest absolute Gasteiger partial charge is 0.326 e. The predicted octanol–water partition coefficient (Wildman–Crippen LogP) is 4.92. The molecule has 0 fully saturated rings. The first-order valence-electron chi connectivity index (χ1n) is 7.84. The van der Waals surface area contributed by atoms with E-state index in [4.69, 9.17) is 0 Å². The van der Waals surface area contributed by atoms with Crippen molar-refractivity contribution in [1.82, 2.24) is 0 Å². The van der Waals surface area contributed by atoms with Crippen LogP contribution < -0.4 is 5.32 Å². The highest BCUT2D eigenvalue weighted by Crippen LogP contribution is 2.29. The van der Waals surface area contributed by atoms with E-state index >= 15 is 0 Å². The first-order chi connectivity index (χ1) is 11.8. The van der Waals surface area contributed by atoms with Crippen molar-refractivity contribution >= 4 is 29.1 Å². The van der Waals surface area contributed by atoms with Gasteiger partial charge in [0.15, 0.2) is 5.78 Å². The summed E-state index contributed by atoms with van der Waals surface area (Å²) in [5.74, 6) is -1.55. The maximum absolute atomic E-state index is 13.7. The third-order valence-corrected chi connectivity index (χ3v) is 4.66. The summed E-state index contributed by atoms with van der Waals surface area (Å²) in [4.78, 5) is 24.2. The van der Waals surface area contributed by atoms with Gasteiger partial charge in [-0.15, -0.1) is 11.8 Å². The van der Waals surface area contributed by atoms with Crippen LogP contribution in [0.3, 0.4) is 0 Å². The quantitative estimate of drug-likeness (QED) is 0.585. The van der Waals surface area contributed by atoms with Gasteiger partial charge in [0.1, 0.15) is 11.6 Å². The summed E-state index contributed by atoms with van der Waals surface area (Å²) in [7, 11) is 0. The van der Waals surface area contributed by atoms with E-state index in [1.165, 1.54) is 0 Å². The average Bonchev–Trinajstić information content (AvgIpc) is 2.58. The van der Waals surface area contributed by atoms with Crippen LogP contribution in [0, 0.1) is 17.6 Å². The fourth-order valence-electron chi connectivity index (χ4n) is 2.05. The van der Waals surface area contributed by atoms with E-state index in [0.29, 0.717) is 11.3 Å². The minimum absolute atomic E-state index is 0.0988. The van der Waals surface area contributed by atoms with Crippen molar-refractivity contribution in [3.8, 4) is 0 Å². The van der Waals surface area contributed by atoms with Crippen LogP contribution in [0.2, 0.25) is 0 Å². The van der Waals surface area contributed by atoms with Gasteiger partial charge in [0.25, 0.3) is 0 Å². The maximum atomic E-state index is 13.7. The number of benzene rings is 2. The zero-order chi connectivity index (χ0) is 18.6. The first-order valence-corrected chi connectivity index (χ1v) is 8.72. The number of ketones is 1. The van der Waals surface area contributed by atoms with E-state index in [1.54, 1.807) is 45.0 Å². The number of hydrogen-bond acceptors (Lipinski definition) is 3. The second kappa shape index (κ2) is 8.25. The third kappa shape index (κ3) is 5.13. The van der Waals surface area contributed by atoms with E-state index < -0.39 is 16.9 Å². The molecule has 0 aliphatic rings. The van der Waals surface area contributed by atoms with Crippen molar-refractivity contribution < 1.29 is 18.4 Å². The maximum Gasteiger partial charge on any atom is 0.226 e. The van der Waals surface area contributed by atoms with Gasteiger partial charge in [-0.3, -0.25) is 9.59 Å². The molecule has 25 heavy (non-hydrogen) atoms. The third-order valence-electron chi connectivity index (χ3n) is 3.53. The molecule has 132 valence electrons. The van der Waals surface area contributed by atoms with E-state index in [2.05, 4.69) is 5.32 Å². The number of rotatable bonds is 6. The van der Waals surface area contributed by atoms with Crippen molar-refractivity contribution in [2.45, 2.75) is 30.9 Å². The molecule has 2 aromatic rings. The molecule has 3 nitrogen and oxygen atoms in total. The summed E-state index contributed by atoms with van der Waals surface area (Å²) in [5, 5.41) is 2.17. The molecule has 0 aliphatic carbocycles. The van der Waals surface area contributed by atoms with Crippen LogP contribution >= 0.6 is 11.8 Å². The summed E-state index contributed by atoms with van der Waals surface area (Å²) in [6.45, 7) is 5.22. The number of anilines is 1. The topological polar surface area (TPSA) is 46.2 Å². The Bertz CT molecular complexity index is 775. The molecule has 0 unspecified atom stereocenters. The SMILES string of the molecule is CC(C)C(=O)Nc1ccc(C(=O)[C@H](C)Sc2cc(F)ccc2F)cc1. The Kier molecular flexibility index (Phi) is 6.31. The summed E-state index contributed by atoms with van der Waals surface area (Å²) < 4.78 is 26.9. The Morgan fingerprint density at radius 1 is 1.00 bits per heavy atom. The van der Waals surface area contributed by atoms with E-state index in [-0.39, 0.29) is 22.5 Å². The lowest BCUT2D eigenvalue weighted by molar-refractivity contribution is -0.118. The van der Waals surface area contributed by atoms with Gasteiger partial charge in [-0.25, -0.2) is 8.78 Å². The van der Waals surface area contributed by atoms with Crippen LogP contribution in [0.4, 0.5) is 14.5 Å². The minimum Gasteiger partial charge on any atom is -0.326 e. The molecule has 1 atom stereocenters. The number of carbonyl (C=O) groups excluding carboxylic acids is 2. The van der Waals surface area contributed by atoms with Crippen molar-refractivity contribution in [2.75, 3.05) is 5.32 Å². The number of nitrogens with one attached hydrogen (secondary N) is 1. The first kappa shape index (κ1) is 19.1. The Morgan fingerprint density at radius 3 is 2.24 bits per heavy atom. The lowest BCUT2D eigenvalue weighted by Gasteiger charge is -2.12. The number of Topliss-reactive ketones (excluding diaryl/α,β-unsaturated/α-hetero) is 1. The molecule has 0 saturated heterocycles. The number of amides is 1. The molecule has 0 heterocycles. The molecule has 1 N–H and O–H groups in total. The number of carbonyl (C=O) groups is 2. The van der Waals surface area contributed by atoms with Crippen LogP contribution in [-0.2, 0) is 4.79 Å². The molecule has 0 aliphatic heterocycles. The summed E-state index contributed by atoms with van der Waals surface area (Å²) >= 11 is 0.972. The van der Waals surface area contributed by atoms with Gasteiger partial charge in [0, 0.05) is 22.1 Å². The zero-order valence-electron chi connectivity index (χ0n) is 14.2. The van der Waals surface area contributed by atoms with Gasteiger partial charge in [0.05, 0.1) is 5.25 Å². The molecule has 2 aromatic carbocycles. The van der Waals surface area contributed by atoms with Crippen LogP contribution in [-0.4, -0.2) is 16.9 Å². The van der Waals surface area contributed by atoms with Gasteiger partial charge in [-0.2, -0.15) is 0 Å². The standard InChI is InChI=1S/C19H19F2NO2S/c1-11(2)19(24)22-15-7-4-13(5-8-15)18(23)12(3)25-17-10-14(20)6-9-16(17)21/h4-12H,1-3H3,(H,22,24)/t12-/m0/s1. The molecular formula is C19H19F2NO2S. The fraction of sp³-hybridized carbons (Fsp3) is 0.263. The Morgan fingerprint density at radius 2 is 1.64 bits per heavy atom. The molecule has 6 heteroatoms. The van der Waals surface area contributed by atoms with Crippen LogP contribution in [0.15, 0.2) is 47.4 Å². The molecule has 0 radical (unpaired) electrons. The highest BCUT2D eigenvalue weighted by Gasteiger charge is 2.19. The van der Waals surface area contributed by atoms with Gasteiger partial charge in [-0.05, 0) is 49.4 Å². The second-order valence-corrected chi connectivity index (χ2v) is 7.30. The minimum atomic E-state index is -0.576. The number of halogens is 2. The number of hydrogen-bond donors (Lipinski definition) is 1. The Hall–Kier alpha value is -2.21. The number of thioether (sulfide) groups is 1. The van der Waals surface area contributed by atoms with E-state index in [0.717, 1.165) is 30.0 Å². The molecule has 0 bridgehead atoms. The molecule has 2 rings (SSSR count). The lowest BCUT2D eigenvalue weighted by atomic mass is 10.1. The summed E-state index contributed by atoms with van der Waals surface area (Å²) in [6.07, 6.45) is 0. The highest BCUT2D eigenvalue weighted by molar-refractivity contribution is 8.00. The van der Waals surface area contributed by atoms with Crippen molar-refractivity contribution in [1.29, 1.82) is 0 Å². The zero-order valence-corrected chi connectivity index (χ0v) is 15.0. The summed E-state index contributed by atoms with van der Waals surface area (Å²) in [6, 6.07) is 9.67. The summed E-state index contributed by atoms with van der Waals surface area (Å²) in [5.41, 5.74) is 1.05. The van der Waals surface area contributed by atoms with Gasteiger partial charge < -0.3 is 5.32 Å². The van der Waals surface area contributed by atoms with Crippen molar-refractivity contribution in [2.24, 2.45) is 5.92 Å². The predicted molar refractivity (Wildman–Crippen MR) is 95.9 cm³/mol. The second-order valence-electron chi connectivity index (χ2n) is 5.92. The monoisotopic (exact) mass is 363 g/mol. The van der Waals surface area contributed by atoms with Crippen LogP contribution in [0.5, 0.6) is 0 Å². The fourth-order valence-corrected chi connectivity index (χ4v) is 3.04.